The van der Waals surface area contributed by atoms with E-state index in [9.17, 15) is 40.6 Å². The van der Waals surface area contributed by atoms with Crippen molar-refractivity contribution < 1.29 is 40.6 Å². The van der Waals surface area contributed by atoms with Crippen LogP contribution in [0.1, 0.15) is 40.5 Å². The number of hydrogen-bond donors (Lipinski definition) is 1. The van der Waals surface area contributed by atoms with Crippen LogP contribution in [0.5, 0.6) is 5.75 Å². The van der Waals surface area contributed by atoms with Crippen LogP contribution in [0.2, 0.25) is 0 Å². The maximum atomic E-state index is 14.0. The summed E-state index contributed by atoms with van der Waals surface area (Å²) < 4.78 is 96.0. The Bertz CT molecular complexity index is 1330. The van der Waals surface area contributed by atoms with E-state index in [1.54, 1.807) is 0 Å². The van der Waals surface area contributed by atoms with Gasteiger partial charge in [0, 0.05) is 24.1 Å². The van der Waals surface area contributed by atoms with E-state index in [0.717, 1.165) is 41.1 Å². The number of aromatic hydroxyl groups is 1. The van der Waals surface area contributed by atoms with Crippen molar-refractivity contribution in [1.29, 1.82) is 0 Å². The third-order valence-electron chi connectivity index (χ3n) is 6.74. The van der Waals surface area contributed by atoms with Gasteiger partial charge in [0.05, 0.1) is 22.9 Å². The highest BCUT2D eigenvalue weighted by Crippen LogP contribution is 2.55. The molecule has 1 amide bonds. The Balaban J connectivity index is 1.38. The fraction of sp³-hybridized carbons (Fsp3) is 0.333. The van der Waals surface area contributed by atoms with Crippen LogP contribution in [-0.4, -0.2) is 38.8 Å². The number of benzene rings is 2. The summed E-state index contributed by atoms with van der Waals surface area (Å²) in [5.41, 5.74) is -3.79. The van der Waals surface area contributed by atoms with Crippen LogP contribution in [0.3, 0.4) is 0 Å². The van der Waals surface area contributed by atoms with Crippen molar-refractivity contribution in [1.82, 2.24) is 14.7 Å². The first-order valence-corrected chi connectivity index (χ1v) is 10.9. The molecule has 0 radical (unpaired) electrons. The molecule has 1 aliphatic heterocycles. The van der Waals surface area contributed by atoms with Crippen LogP contribution in [-0.2, 0) is 12.4 Å². The van der Waals surface area contributed by atoms with Gasteiger partial charge in [0.2, 0.25) is 0 Å². The molecule has 12 heteroatoms. The molecule has 2 aliphatic rings. The van der Waals surface area contributed by atoms with Gasteiger partial charge >= 0.3 is 12.4 Å². The highest BCUT2D eigenvalue weighted by atomic mass is 19.4. The quantitative estimate of drug-likeness (QED) is 0.443. The molecule has 0 bridgehead atoms. The van der Waals surface area contributed by atoms with E-state index in [0.29, 0.717) is 18.9 Å². The van der Waals surface area contributed by atoms with Crippen LogP contribution in [0.4, 0.5) is 30.7 Å². The molecule has 2 fully saturated rings. The lowest BCUT2D eigenvalue weighted by molar-refractivity contribution is -0.142. The van der Waals surface area contributed by atoms with Gasteiger partial charge in [-0.15, -0.1) is 0 Å². The molecule has 5 rings (SSSR count). The van der Waals surface area contributed by atoms with Gasteiger partial charge in [-0.2, -0.15) is 31.4 Å². The molecular formula is C24H18F7N3O2. The second kappa shape index (κ2) is 7.97. The largest absolute Gasteiger partial charge is 0.508 e. The zero-order valence-corrected chi connectivity index (χ0v) is 18.4. The zero-order chi connectivity index (χ0) is 26.0. The number of likely N-dealkylation sites (tertiary alicyclic amines) is 1. The maximum Gasteiger partial charge on any atom is 0.435 e. The second-order valence-electron chi connectivity index (χ2n) is 9.29. The van der Waals surface area contributed by atoms with Crippen molar-refractivity contribution in [3.63, 3.8) is 0 Å². The molecule has 1 spiro atoms. The molecule has 36 heavy (non-hydrogen) atoms. The summed E-state index contributed by atoms with van der Waals surface area (Å²) in [5, 5.41) is 13.1. The van der Waals surface area contributed by atoms with Gasteiger partial charge in [-0.3, -0.25) is 9.48 Å². The molecule has 1 saturated heterocycles. The van der Waals surface area contributed by atoms with Crippen molar-refractivity contribution >= 4 is 5.91 Å². The highest BCUT2D eigenvalue weighted by Gasteiger charge is 2.55. The van der Waals surface area contributed by atoms with Gasteiger partial charge in [-0.05, 0) is 43.2 Å². The van der Waals surface area contributed by atoms with E-state index in [4.69, 9.17) is 0 Å². The Morgan fingerprint density at radius 2 is 1.64 bits per heavy atom. The molecule has 3 aromatic rings. The Hall–Kier alpha value is -3.57. The van der Waals surface area contributed by atoms with E-state index in [2.05, 4.69) is 5.10 Å². The first-order valence-electron chi connectivity index (χ1n) is 10.9. The number of carbonyl (C=O) groups is 1. The highest BCUT2D eigenvalue weighted by molar-refractivity contribution is 5.95. The number of halogens is 7. The molecule has 1 aromatic heterocycles. The topological polar surface area (TPSA) is 58.4 Å². The lowest BCUT2D eigenvalue weighted by Crippen LogP contribution is -2.64. The summed E-state index contributed by atoms with van der Waals surface area (Å²) in [6.07, 6.45) is -9.04. The maximum absolute atomic E-state index is 14.0. The second-order valence-corrected chi connectivity index (χ2v) is 9.29. The molecule has 0 atom stereocenters. The van der Waals surface area contributed by atoms with E-state index in [1.165, 1.54) is 11.0 Å². The normalized spacial score (nSPS) is 17.7. The fourth-order valence-corrected chi connectivity index (χ4v) is 5.09. The summed E-state index contributed by atoms with van der Waals surface area (Å²) in [5.74, 6) is -1.70. The van der Waals surface area contributed by atoms with Gasteiger partial charge in [-0.25, -0.2) is 4.39 Å². The van der Waals surface area contributed by atoms with Gasteiger partial charge in [-0.1, -0.05) is 18.2 Å². The van der Waals surface area contributed by atoms with E-state index in [-0.39, 0.29) is 30.1 Å². The molecule has 1 aliphatic carbocycles. The smallest absolute Gasteiger partial charge is 0.435 e. The molecule has 1 saturated carbocycles. The fourth-order valence-electron chi connectivity index (χ4n) is 5.09. The van der Waals surface area contributed by atoms with Crippen molar-refractivity contribution in [2.75, 3.05) is 13.1 Å². The summed E-state index contributed by atoms with van der Waals surface area (Å²) in [7, 11) is 0. The standard InChI is InChI=1S/C24H18F7N3O2/c25-18-6-5-14(35)7-16(18)21(36)33-11-22(12-33)9-13(10-22)34-19(8-20(32-34)24(29,30)31)15-3-1-2-4-17(15)23(26,27)28/h1-8,13,35H,9-12H2. The number of alkyl halides is 6. The van der Waals surface area contributed by atoms with Crippen LogP contribution in [0, 0.1) is 11.2 Å². The lowest BCUT2D eigenvalue weighted by Gasteiger charge is -2.59. The van der Waals surface area contributed by atoms with Crippen LogP contribution >= 0.6 is 0 Å². The van der Waals surface area contributed by atoms with Gasteiger partial charge in [0.1, 0.15) is 11.6 Å². The van der Waals surface area contributed by atoms with Crippen molar-refractivity contribution in [3.05, 3.63) is 71.2 Å². The third kappa shape index (κ3) is 4.07. The van der Waals surface area contributed by atoms with Gasteiger partial charge in [0.25, 0.3) is 5.91 Å². The van der Waals surface area contributed by atoms with E-state index < -0.39 is 52.4 Å². The third-order valence-corrected chi connectivity index (χ3v) is 6.74. The van der Waals surface area contributed by atoms with Crippen LogP contribution in [0.15, 0.2) is 48.5 Å². The Labute approximate surface area is 199 Å². The molecule has 5 nitrogen and oxygen atoms in total. The van der Waals surface area contributed by atoms with Crippen LogP contribution in [0.25, 0.3) is 11.3 Å². The monoisotopic (exact) mass is 513 g/mol. The van der Waals surface area contributed by atoms with E-state index in [1.807, 2.05) is 0 Å². The van der Waals surface area contributed by atoms with E-state index >= 15 is 0 Å². The molecule has 1 N–H and O–H groups in total. The minimum Gasteiger partial charge on any atom is -0.508 e. The number of carbonyl (C=O) groups excluding carboxylic acids is 1. The number of phenolic OH excluding ortho intramolecular Hbond substituents is 1. The van der Waals surface area contributed by atoms with Gasteiger partial charge in [0.15, 0.2) is 5.69 Å². The minimum atomic E-state index is -4.85. The summed E-state index contributed by atoms with van der Waals surface area (Å²) in [6, 6.07) is 7.49. The SMILES string of the molecule is O=C(c1cc(O)ccc1F)N1CC2(CC(n3nc(C(F)(F)F)cc3-c3ccccc3C(F)(F)F)C2)C1. The average Bonchev–Trinajstić information content (AvgIpc) is 3.18. The predicted molar refractivity (Wildman–Crippen MR) is 112 cm³/mol. The Kier molecular flexibility index (Phi) is 5.34. The predicted octanol–water partition coefficient (Wildman–Crippen LogP) is 5.91. The number of hydrogen-bond acceptors (Lipinski definition) is 3. The number of aromatic nitrogens is 2. The lowest BCUT2D eigenvalue weighted by atomic mass is 9.60. The van der Waals surface area contributed by atoms with Crippen molar-refractivity contribution in [2.45, 2.75) is 31.2 Å². The summed E-state index contributed by atoms with van der Waals surface area (Å²) in [4.78, 5) is 13.9. The van der Waals surface area contributed by atoms with Crippen molar-refractivity contribution in [3.8, 4) is 17.0 Å². The average molecular weight is 513 g/mol. The number of rotatable bonds is 3. The van der Waals surface area contributed by atoms with Crippen molar-refractivity contribution in [2.24, 2.45) is 5.41 Å². The number of amides is 1. The first kappa shape index (κ1) is 24.1. The first-order chi connectivity index (χ1) is 16.8. The summed E-state index contributed by atoms with van der Waals surface area (Å²) >= 11 is 0. The van der Waals surface area contributed by atoms with Crippen LogP contribution < -0.4 is 0 Å². The summed E-state index contributed by atoms with van der Waals surface area (Å²) in [6.45, 7) is 0.415. The zero-order valence-electron chi connectivity index (χ0n) is 18.4. The molecular weight excluding hydrogens is 495 g/mol. The Morgan fingerprint density at radius 1 is 0.972 bits per heavy atom. The minimum absolute atomic E-state index is 0.208. The molecule has 2 heterocycles. The molecule has 190 valence electrons. The molecule has 2 aromatic carbocycles. The number of nitrogens with zero attached hydrogens (tertiary/aromatic N) is 3. The number of phenols is 1. The Morgan fingerprint density at radius 3 is 2.28 bits per heavy atom. The van der Waals surface area contributed by atoms with Gasteiger partial charge < -0.3 is 10.0 Å². The molecule has 0 unspecified atom stereocenters.